The Morgan fingerprint density at radius 3 is 2.53 bits per heavy atom. The average molecular weight is 265 g/mol. The van der Waals surface area contributed by atoms with Gasteiger partial charge in [0.05, 0.1) is 6.07 Å². The maximum absolute atomic E-state index is 9.47. The molecular formula is C16H31N3. The number of rotatable bonds is 5. The summed E-state index contributed by atoms with van der Waals surface area (Å²) in [6, 6.07) is 3.89. The third-order valence-corrected chi connectivity index (χ3v) is 4.55. The molecule has 0 amide bonds. The van der Waals surface area contributed by atoms with Gasteiger partial charge in [-0.05, 0) is 66.3 Å². The van der Waals surface area contributed by atoms with Crippen LogP contribution in [0, 0.1) is 17.2 Å². The number of nitrogens with one attached hydrogen (secondary N) is 1. The molecular weight excluding hydrogens is 234 g/mol. The van der Waals surface area contributed by atoms with Gasteiger partial charge in [0.15, 0.2) is 0 Å². The molecule has 0 aromatic rings. The first-order chi connectivity index (χ1) is 8.79. The Morgan fingerprint density at radius 2 is 2.00 bits per heavy atom. The van der Waals surface area contributed by atoms with Crippen LogP contribution in [0.5, 0.6) is 0 Å². The number of piperidine rings is 1. The third-order valence-electron chi connectivity index (χ3n) is 4.55. The molecule has 0 spiro atoms. The van der Waals surface area contributed by atoms with E-state index in [2.05, 4.69) is 50.9 Å². The largest absolute Gasteiger partial charge is 0.298 e. The molecule has 110 valence electrons. The fourth-order valence-corrected chi connectivity index (χ4v) is 3.47. The summed E-state index contributed by atoms with van der Waals surface area (Å²) >= 11 is 0. The maximum atomic E-state index is 9.47. The molecule has 3 heteroatoms. The second-order valence-electron chi connectivity index (χ2n) is 6.89. The van der Waals surface area contributed by atoms with Crippen LogP contribution in [-0.2, 0) is 0 Å². The summed E-state index contributed by atoms with van der Waals surface area (Å²) in [6.07, 6.45) is 3.51. The van der Waals surface area contributed by atoms with E-state index in [0.29, 0.717) is 18.1 Å². The van der Waals surface area contributed by atoms with Crippen LogP contribution in [0.2, 0.25) is 0 Å². The van der Waals surface area contributed by atoms with Crippen LogP contribution >= 0.6 is 0 Å². The minimum absolute atomic E-state index is 0.342. The van der Waals surface area contributed by atoms with E-state index in [1.54, 1.807) is 0 Å². The van der Waals surface area contributed by atoms with E-state index < -0.39 is 5.54 Å². The first-order valence-electron chi connectivity index (χ1n) is 7.74. The van der Waals surface area contributed by atoms with Gasteiger partial charge in [0.1, 0.15) is 5.54 Å². The lowest BCUT2D eigenvalue weighted by Crippen LogP contribution is -2.53. The summed E-state index contributed by atoms with van der Waals surface area (Å²) in [7, 11) is 0. The van der Waals surface area contributed by atoms with Crippen molar-refractivity contribution in [2.45, 2.75) is 84.5 Å². The van der Waals surface area contributed by atoms with Crippen molar-refractivity contribution in [1.82, 2.24) is 10.2 Å². The molecule has 0 aliphatic carbocycles. The number of hydrogen-bond donors (Lipinski definition) is 1. The summed E-state index contributed by atoms with van der Waals surface area (Å²) < 4.78 is 0. The van der Waals surface area contributed by atoms with Gasteiger partial charge in [-0.2, -0.15) is 5.26 Å². The second kappa shape index (κ2) is 6.72. The van der Waals surface area contributed by atoms with Crippen molar-refractivity contribution in [2.75, 3.05) is 6.54 Å². The van der Waals surface area contributed by atoms with Crippen LogP contribution in [0.4, 0.5) is 0 Å². The van der Waals surface area contributed by atoms with Crippen LogP contribution in [0.15, 0.2) is 0 Å². The van der Waals surface area contributed by atoms with Crippen molar-refractivity contribution in [1.29, 1.82) is 5.26 Å². The minimum atomic E-state index is -0.423. The zero-order valence-electron chi connectivity index (χ0n) is 13.5. The molecule has 1 N–H and O–H groups in total. The van der Waals surface area contributed by atoms with E-state index in [9.17, 15) is 5.26 Å². The molecule has 0 saturated carbocycles. The van der Waals surface area contributed by atoms with Gasteiger partial charge in [-0.1, -0.05) is 6.92 Å². The molecule has 4 unspecified atom stereocenters. The predicted molar refractivity (Wildman–Crippen MR) is 80.9 cm³/mol. The molecule has 0 radical (unpaired) electrons. The fourth-order valence-electron chi connectivity index (χ4n) is 3.47. The molecule has 0 bridgehead atoms. The van der Waals surface area contributed by atoms with Crippen LogP contribution in [0.3, 0.4) is 0 Å². The van der Waals surface area contributed by atoms with Gasteiger partial charge in [0.2, 0.25) is 0 Å². The Morgan fingerprint density at radius 1 is 1.37 bits per heavy atom. The standard InChI is InChI=1S/C16H31N3/c1-12(2)18-16(6,11-17)10-14(4)19-9-7-8-13(3)15(19)5/h12-15,18H,7-10H2,1-6H3. The molecule has 1 heterocycles. The van der Waals surface area contributed by atoms with Crippen molar-refractivity contribution in [2.24, 2.45) is 5.92 Å². The molecule has 4 atom stereocenters. The lowest BCUT2D eigenvalue weighted by Gasteiger charge is -2.43. The van der Waals surface area contributed by atoms with E-state index in [-0.39, 0.29) is 0 Å². The van der Waals surface area contributed by atoms with Crippen LogP contribution in [0.1, 0.15) is 60.8 Å². The Balaban J connectivity index is 2.67. The van der Waals surface area contributed by atoms with Gasteiger partial charge in [-0.3, -0.25) is 10.2 Å². The highest BCUT2D eigenvalue weighted by Crippen LogP contribution is 2.27. The number of likely N-dealkylation sites (tertiary alicyclic amines) is 1. The maximum Gasteiger partial charge on any atom is 0.105 e. The highest BCUT2D eigenvalue weighted by molar-refractivity contribution is 5.06. The van der Waals surface area contributed by atoms with E-state index >= 15 is 0 Å². The molecule has 1 aliphatic rings. The number of nitriles is 1. The Hall–Kier alpha value is -0.590. The zero-order valence-corrected chi connectivity index (χ0v) is 13.5. The van der Waals surface area contributed by atoms with Gasteiger partial charge >= 0.3 is 0 Å². The van der Waals surface area contributed by atoms with Gasteiger partial charge in [-0.25, -0.2) is 0 Å². The molecule has 1 rings (SSSR count). The predicted octanol–water partition coefficient (Wildman–Crippen LogP) is 3.17. The van der Waals surface area contributed by atoms with Crippen molar-refractivity contribution in [3.63, 3.8) is 0 Å². The first-order valence-corrected chi connectivity index (χ1v) is 7.74. The SMILES string of the molecule is CC(C)NC(C)(C#N)CC(C)N1CCCC(C)C1C. The monoisotopic (exact) mass is 265 g/mol. The van der Waals surface area contributed by atoms with Crippen LogP contribution in [-0.4, -0.2) is 35.1 Å². The minimum Gasteiger partial charge on any atom is -0.298 e. The Kier molecular flexibility index (Phi) is 5.82. The molecule has 1 aliphatic heterocycles. The third kappa shape index (κ3) is 4.47. The van der Waals surface area contributed by atoms with E-state index in [4.69, 9.17) is 0 Å². The van der Waals surface area contributed by atoms with Gasteiger partial charge in [-0.15, -0.1) is 0 Å². The van der Waals surface area contributed by atoms with Gasteiger partial charge in [0, 0.05) is 18.1 Å². The topological polar surface area (TPSA) is 39.1 Å². The van der Waals surface area contributed by atoms with Crippen LogP contribution in [0.25, 0.3) is 0 Å². The average Bonchev–Trinajstić information content (AvgIpc) is 2.31. The molecule has 0 aromatic carbocycles. The fraction of sp³-hybridized carbons (Fsp3) is 0.938. The lowest BCUT2D eigenvalue weighted by molar-refractivity contribution is 0.0626. The molecule has 1 saturated heterocycles. The highest BCUT2D eigenvalue weighted by Gasteiger charge is 2.33. The number of hydrogen-bond acceptors (Lipinski definition) is 3. The van der Waals surface area contributed by atoms with Gasteiger partial charge in [0.25, 0.3) is 0 Å². The van der Waals surface area contributed by atoms with Crippen LogP contribution < -0.4 is 5.32 Å². The van der Waals surface area contributed by atoms with Crippen molar-refractivity contribution >= 4 is 0 Å². The summed E-state index contributed by atoms with van der Waals surface area (Å²) in [5, 5.41) is 12.9. The smallest absolute Gasteiger partial charge is 0.105 e. The second-order valence-corrected chi connectivity index (χ2v) is 6.89. The normalized spacial score (nSPS) is 29.8. The summed E-state index contributed by atoms with van der Waals surface area (Å²) in [4.78, 5) is 2.59. The Bertz CT molecular complexity index is 320. The molecule has 3 nitrogen and oxygen atoms in total. The quantitative estimate of drug-likeness (QED) is 0.830. The van der Waals surface area contributed by atoms with Crippen molar-refractivity contribution in [3.05, 3.63) is 0 Å². The summed E-state index contributed by atoms with van der Waals surface area (Å²) in [5.41, 5.74) is -0.423. The Labute approximate surface area is 119 Å². The first kappa shape index (κ1) is 16.5. The molecule has 1 fully saturated rings. The van der Waals surface area contributed by atoms with Gasteiger partial charge < -0.3 is 0 Å². The molecule has 19 heavy (non-hydrogen) atoms. The summed E-state index contributed by atoms with van der Waals surface area (Å²) in [5.74, 6) is 0.766. The van der Waals surface area contributed by atoms with Crippen molar-refractivity contribution < 1.29 is 0 Å². The zero-order chi connectivity index (χ0) is 14.6. The molecule has 0 aromatic heterocycles. The van der Waals surface area contributed by atoms with E-state index in [0.717, 1.165) is 12.3 Å². The van der Waals surface area contributed by atoms with E-state index in [1.165, 1.54) is 19.4 Å². The highest BCUT2D eigenvalue weighted by atomic mass is 15.2. The number of nitrogens with zero attached hydrogens (tertiary/aromatic N) is 2. The van der Waals surface area contributed by atoms with E-state index in [1.807, 2.05) is 6.92 Å². The lowest BCUT2D eigenvalue weighted by atomic mass is 9.87. The summed E-state index contributed by atoms with van der Waals surface area (Å²) in [6.45, 7) is 14.4. The van der Waals surface area contributed by atoms with Crippen molar-refractivity contribution in [3.8, 4) is 6.07 Å².